The average molecular weight is 470 g/mol. The van der Waals surface area contributed by atoms with E-state index < -0.39 is 18.6 Å². The van der Waals surface area contributed by atoms with E-state index in [1.54, 1.807) is 12.1 Å². The molecule has 7 rings (SSSR count). The molecule has 2 aromatic rings. The number of benzene rings is 2. The summed E-state index contributed by atoms with van der Waals surface area (Å²) in [7, 11) is 0. The summed E-state index contributed by atoms with van der Waals surface area (Å²) in [5.41, 5.74) is 2.29. The van der Waals surface area contributed by atoms with Gasteiger partial charge in [0.2, 0.25) is 11.8 Å². The number of Topliss-reactive ketones (excluding diaryl/α,β-unsaturated/α-hetero) is 1. The molecule has 2 saturated carbocycles. The second-order valence-electron chi connectivity index (χ2n) is 10.3. The molecule has 1 saturated heterocycles. The number of imide groups is 1. The molecule has 0 N–H and O–H groups in total. The lowest BCUT2D eigenvalue weighted by molar-refractivity contribution is -0.158. The number of hydrogen-bond donors (Lipinski definition) is 0. The minimum Gasteiger partial charge on any atom is -0.456 e. The Balaban J connectivity index is 1.25. The van der Waals surface area contributed by atoms with Crippen LogP contribution in [0.1, 0.15) is 27.9 Å². The van der Waals surface area contributed by atoms with Crippen molar-refractivity contribution < 1.29 is 23.9 Å². The highest BCUT2D eigenvalue weighted by molar-refractivity contribution is 6.09. The SMILES string of the molecule is Cc1ccc(C(=O)COC(=O)[C@H](Cc2ccccc2)N2C(=O)[C@H]3[C@@H]4C=C[C@H]([C@H]5C[C@H]45)[C@@H]3C2=O)cc1. The Bertz CT molecular complexity index is 1200. The maximum absolute atomic E-state index is 13.6. The number of rotatable bonds is 7. The first-order chi connectivity index (χ1) is 16.9. The third-order valence-corrected chi connectivity index (χ3v) is 8.27. The van der Waals surface area contributed by atoms with Crippen LogP contribution in [0.2, 0.25) is 0 Å². The molecule has 4 aliphatic carbocycles. The number of carbonyl (C=O) groups is 4. The van der Waals surface area contributed by atoms with Crippen LogP contribution in [0.3, 0.4) is 0 Å². The van der Waals surface area contributed by atoms with Crippen LogP contribution in [-0.2, 0) is 25.5 Å². The molecule has 0 spiro atoms. The summed E-state index contributed by atoms with van der Waals surface area (Å²) < 4.78 is 5.43. The number of amides is 2. The molecule has 2 amide bonds. The van der Waals surface area contributed by atoms with Crippen LogP contribution >= 0.6 is 0 Å². The molecular weight excluding hydrogens is 442 g/mol. The van der Waals surface area contributed by atoms with E-state index in [0.717, 1.165) is 17.5 Å². The summed E-state index contributed by atoms with van der Waals surface area (Å²) in [4.78, 5) is 54.4. The summed E-state index contributed by atoms with van der Waals surface area (Å²) in [6, 6.07) is 15.2. The van der Waals surface area contributed by atoms with Crippen LogP contribution in [0.5, 0.6) is 0 Å². The van der Waals surface area contributed by atoms with Crippen LogP contribution < -0.4 is 0 Å². The summed E-state index contributed by atoms with van der Waals surface area (Å²) >= 11 is 0. The molecule has 1 heterocycles. The van der Waals surface area contributed by atoms with Crippen molar-refractivity contribution in [2.24, 2.45) is 35.5 Å². The molecule has 7 atom stereocenters. The van der Waals surface area contributed by atoms with Crippen molar-refractivity contribution >= 4 is 23.6 Å². The zero-order valence-corrected chi connectivity index (χ0v) is 19.5. The number of carbonyl (C=O) groups excluding carboxylic acids is 4. The van der Waals surface area contributed by atoms with E-state index in [4.69, 9.17) is 4.74 Å². The molecule has 0 aromatic heterocycles. The van der Waals surface area contributed by atoms with Gasteiger partial charge in [-0.2, -0.15) is 0 Å². The fourth-order valence-corrected chi connectivity index (χ4v) is 6.46. The minimum absolute atomic E-state index is 0.0768. The lowest BCUT2D eigenvalue weighted by atomic mass is 9.63. The molecule has 5 aliphatic rings. The molecule has 0 unspecified atom stereocenters. The number of esters is 1. The Morgan fingerprint density at radius 2 is 1.51 bits per heavy atom. The molecule has 35 heavy (non-hydrogen) atoms. The van der Waals surface area contributed by atoms with Gasteiger partial charge in [-0.3, -0.25) is 19.3 Å². The van der Waals surface area contributed by atoms with Crippen molar-refractivity contribution in [1.82, 2.24) is 4.90 Å². The Labute approximate surface area is 203 Å². The van der Waals surface area contributed by atoms with Gasteiger partial charge in [0, 0.05) is 12.0 Å². The van der Waals surface area contributed by atoms with Gasteiger partial charge in [-0.25, -0.2) is 4.79 Å². The minimum atomic E-state index is -1.09. The third-order valence-electron chi connectivity index (χ3n) is 8.27. The predicted molar refractivity (Wildman–Crippen MR) is 127 cm³/mol. The van der Waals surface area contributed by atoms with Crippen molar-refractivity contribution in [1.29, 1.82) is 0 Å². The van der Waals surface area contributed by atoms with E-state index in [0.29, 0.717) is 17.4 Å². The van der Waals surface area contributed by atoms with Gasteiger partial charge >= 0.3 is 5.97 Å². The zero-order valence-electron chi connectivity index (χ0n) is 19.5. The van der Waals surface area contributed by atoms with Crippen LogP contribution in [-0.4, -0.2) is 41.1 Å². The van der Waals surface area contributed by atoms with Gasteiger partial charge in [-0.1, -0.05) is 72.3 Å². The monoisotopic (exact) mass is 469 g/mol. The van der Waals surface area contributed by atoms with E-state index in [-0.39, 0.29) is 47.7 Å². The first kappa shape index (κ1) is 22.0. The summed E-state index contributed by atoms with van der Waals surface area (Å²) in [5, 5.41) is 0. The number of ketones is 1. The van der Waals surface area contributed by atoms with Gasteiger partial charge in [-0.15, -0.1) is 0 Å². The molecule has 2 aromatic carbocycles. The Kier molecular flexibility index (Phi) is 5.20. The van der Waals surface area contributed by atoms with Gasteiger partial charge in [0.15, 0.2) is 12.4 Å². The Hall–Kier alpha value is -3.54. The smallest absolute Gasteiger partial charge is 0.330 e. The van der Waals surface area contributed by atoms with Gasteiger partial charge in [0.05, 0.1) is 11.8 Å². The van der Waals surface area contributed by atoms with Crippen molar-refractivity contribution in [3.63, 3.8) is 0 Å². The highest BCUT2D eigenvalue weighted by Gasteiger charge is 2.68. The summed E-state index contributed by atoms with van der Waals surface area (Å²) in [5.74, 6) is -1.25. The average Bonchev–Trinajstić information content (AvgIpc) is 3.65. The Morgan fingerprint density at radius 1 is 0.914 bits per heavy atom. The molecular formula is C29H27NO5. The van der Waals surface area contributed by atoms with Gasteiger partial charge in [0.25, 0.3) is 0 Å². The molecule has 3 fully saturated rings. The second-order valence-corrected chi connectivity index (χ2v) is 10.3. The van der Waals surface area contributed by atoms with Crippen molar-refractivity contribution in [3.8, 4) is 0 Å². The van der Waals surface area contributed by atoms with Crippen molar-refractivity contribution in [3.05, 3.63) is 83.4 Å². The fourth-order valence-electron chi connectivity index (χ4n) is 6.46. The van der Waals surface area contributed by atoms with E-state index in [9.17, 15) is 19.2 Å². The number of hydrogen-bond acceptors (Lipinski definition) is 5. The van der Waals surface area contributed by atoms with Crippen molar-refractivity contribution in [2.45, 2.75) is 25.8 Å². The van der Waals surface area contributed by atoms with E-state index in [1.165, 1.54) is 4.90 Å². The number of nitrogens with zero attached hydrogens (tertiary/aromatic N) is 1. The maximum Gasteiger partial charge on any atom is 0.330 e. The molecule has 0 radical (unpaired) electrons. The standard InChI is InChI=1S/C29H27NO5/c1-16-7-9-18(10-8-16)24(31)15-35-29(34)23(13-17-5-3-2-4-6-17)30-27(32)25-19-11-12-20(22-14-21(19)22)26(25)28(30)33/h2-12,19-23,25-26H,13-15H2,1H3/t19-,20-,21-,22-,23+,25+,26+/m1/s1. The normalized spacial score (nSPS) is 30.6. The van der Waals surface area contributed by atoms with Crippen LogP contribution in [0.4, 0.5) is 0 Å². The topological polar surface area (TPSA) is 80.8 Å². The largest absolute Gasteiger partial charge is 0.456 e. The van der Waals surface area contributed by atoms with Crippen LogP contribution in [0.15, 0.2) is 66.7 Å². The van der Waals surface area contributed by atoms with Crippen LogP contribution in [0, 0.1) is 42.4 Å². The number of likely N-dealkylation sites (tertiary alicyclic amines) is 1. The zero-order chi connectivity index (χ0) is 24.3. The highest BCUT2D eigenvalue weighted by atomic mass is 16.5. The quantitative estimate of drug-likeness (QED) is 0.269. The second kappa shape index (κ2) is 8.29. The van der Waals surface area contributed by atoms with Crippen molar-refractivity contribution in [2.75, 3.05) is 6.61 Å². The first-order valence-electron chi connectivity index (χ1n) is 12.3. The van der Waals surface area contributed by atoms with Gasteiger partial charge < -0.3 is 4.74 Å². The summed E-state index contributed by atoms with van der Waals surface area (Å²) in [6.45, 7) is 1.49. The van der Waals surface area contributed by atoms with Gasteiger partial charge in [0.1, 0.15) is 6.04 Å². The highest BCUT2D eigenvalue weighted by Crippen LogP contribution is 2.65. The van der Waals surface area contributed by atoms with E-state index in [1.807, 2.05) is 49.4 Å². The van der Waals surface area contributed by atoms with E-state index in [2.05, 4.69) is 12.2 Å². The number of aryl methyl sites for hydroxylation is 1. The molecule has 178 valence electrons. The molecule has 6 heteroatoms. The lowest BCUT2D eigenvalue weighted by Gasteiger charge is -2.37. The Morgan fingerprint density at radius 3 is 2.11 bits per heavy atom. The van der Waals surface area contributed by atoms with E-state index >= 15 is 0 Å². The number of allylic oxidation sites excluding steroid dienone is 2. The maximum atomic E-state index is 13.6. The number of ether oxygens (including phenoxy) is 1. The fraction of sp³-hybridized carbons (Fsp3) is 0.379. The third kappa shape index (κ3) is 3.63. The first-order valence-corrected chi connectivity index (χ1v) is 12.3. The van der Waals surface area contributed by atoms with Crippen LogP contribution in [0.25, 0.3) is 0 Å². The van der Waals surface area contributed by atoms with Gasteiger partial charge in [-0.05, 0) is 42.6 Å². The molecule has 1 aliphatic heterocycles. The molecule has 6 nitrogen and oxygen atoms in total. The summed E-state index contributed by atoms with van der Waals surface area (Å²) in [6.07, 6.45) is 5.45. The molecule has 2 bridgehead atoms. The lowest BCUT2D eigenvalue weighted by Crippen LogP contribution is -2.48. The predicted octanol–water partition coefficient (Wildman–Crippen LogP) is 3.39.